The summed E-state index contributed by atoms with van der Waals surface area (Å²) in [6.07, 6.45) is 0. The number of nitro benzene ring substituents is 1. The minimum Gasteiger partial charge on any atom is -0.466 e. The number of rotatable bonds is 4. The molecule has 0 unspecified atom stereocenters. The highest BCUT2D eigenvalue weighted by Crippen LogP contribution is 2.35. The second-order valence-electron chi connectivity index (χ2n) is 6.04. The van der Waals surface area contributed by atoms with Gasteiger partial charge in [-0.05, 0) is 49.0 Å². The SMILES string of the molecule is COC(=O)C1=C(C)N(c2ccc(F)cc2)C(=S)N[C@@H]1c1cccc([N+](=O)[O-])c1. The van der Waals surface area contributed by atoms with Crippen molar-refractivity contribution < 1.29 is 18.8 Å². The Morgan fingerprint density at radius 3 is 2.57 bits per heavy atom. The second-order valence-corrected chi connectivity index (χ2v) is 6.42. The van der Waals surface area contributed by atoms with Gasteiger partial charge in [-0.1, -0.05) is 12.1 Å². The van der Waals surface area contributed by atoms with Gasteiger partial charge in [0.15, 0.2) is 5.11 Å². The van der Waals surface area contributed by atoms with Crippen LogP contribution in [0.1, 0.15) is 18.5 Å². The van der Waals surface area contributed by atoms with Crippen LogP contribution in [0.25, 0.3) is 0 Å². The molecule has 1 heterocycles. The van der Waals surface area contributed by atoms with Gasteiger partial charge >= 0.3 is 5.97 Å². The minimum absolute atomic E-state index is 0.104. The normalized spacial score (nSPS) is 16.6. The van der Waals surface area contributed by atoms with Gasteiger partial charge in [-0.15, -0.1) is 0 Å². The number of carbonyl (C=O) groups is 1. The van der Waals surface area contributed by atoms with Gasteiger partial charge in [0.25, 0.3) is 5.69 Å². The summed E-state index contributed by atoms with van der Waals surface area (Å²) in [4.78, 5) is 24.7. The molecule has 1 aliphatic heterocycles. The number of anilines is 1. The molecule has 0 saturated heterocycles. The first-order valence-electron chi connectivity index (χ1n) is 8.23. The lowest BCUT2D eigenvalue weighted by molar-refractivity contribution is -0.384. The molecule has 144 valence electrons. The summed E-state index contributed by atoms with van der Waals surface area (Å²) in [5, 5.41) is 14.4. The second kappa shape index (κ2) is 7.73. The molecule has 0 fully saturated rings. The van der Waals surface area contributed by atoms with Crippen molar-refractivity contribution in [3.63, 3.8) is 0 Å². The number of nitro groups is 1. The Balaban J connectivity index is 2.14. The van der Waals surface area contributed by atoms with Crippen molar-refractivity contribution >= 4 is 34.7 Å². The zero-order chi connectivity index (χ0) is 20.4. The fraction of sp³-hybridized carbons (Fsp3) is 0.158. The first-order valence-corrected chi connectivity index (χ1v) is 8.64. The van der Waals surface area contributed by atoms with Crippen molar-refractivity contribution in [3.8, 4) is 0 Å². The number of benzene rings is 2. The molecule has 3 rings (SSSR count). The Morgan fingerprint density at radius 1 is 1.29 bits per heavy atom. The first kappa shape index (κ1) is 19.4. The minimum atomic E-state index is -0.725. The van der Waals surface area contributed by atoms with E-state index in [9.17, 15) is 19.3 Å². The maximum absolute atomic E-state index is 13.3. The van der Waals surface area contributed by atoms with Gasteiger partial charge in [-0.25, -0.2) is 9.18 Å². The highest BCUT2D eigenvalue weighted by Gasteiger charge is 2.35. The van der Waals surface area contributed by atoms with Crippen LogP contribution in [0.3, 0.4) is 0 Å². The molecule has 0 saturated carbocycles. The molecule has 2 aromatic carbocycles. The van der Waals surface area contributed by atoms with E-state index in [2.05, 4.69) is 5.32 Å². The van der Waals surface area contributed by atoms with E-state index < -0.39 is 22.8 Å². The monoisotopic (exact) mass is 401 g/mol. The predicted molar refractivity (Wildman–Crippen MR) is 105 cm³/mol. The van der Waals surface area contributed by atoms with Crippen LogP contribution in [0, 0.1) is 15.9 Å². The van der Waals surface area contributed by atoms with E-state index in [-0.39, 0.29) is 16.4 Å². The van der Waals surface area contributed by atoms with Gasteiger partial charge < -0.3 is 10.1 Å². The number of allylic oxidation sites excluding steroid dienone is 1. The van der Waals surface area contributed by atoms with Crippen LogP contribution in [0.15, 0.2) is 59.8 Å². The zero-order valence-electron chi connectivity index (χ0n) is 15.0. The average Bonchev–Trinajstić information content (AvgIpc) is 2.68. The number of carbonyl (C=O) groups excluding carboxylic acids is 1. The number of esters is 1. The molecule has 2 aromatic rings. The van der Waals surface area contributed by atoms with E-state index in [1.165, 1.54) is 49.6 Å². The Labute approximate surface area is 165 Å². The zero-order valence-corrected chi connectivity index (χ0v) is 15.8. The van der Waals surface area contributed by atoms with Crippen LogP contribution in [-0.2, 0) is 9.53 Å². The van der Waals surface area contributed by atoms with E-state index in [1.807, 2.05) is 0 Å². The third-order valence-corrected chi connectivity index (χ3v) is 4.69. The van der Waals surface area contributed by atoms with Crippen molar-refractivity contribution in [1.82, 2.24) is 5.32 Å². The summed E-state index contributed by atoms with van der Waals surface area (Å²) in [6, 6.07) is 10.9. The van der Waals surface area contributed by atoms with Crippen molar-refractivity contribution in [2.75, 3.05) is 12.0 Å². The summed E-state index contributed by atoms with van der Waals surface area (Å²) in [5.41, 5.74) is 1.69. The Hall–Kier alpha value is -3.33. The van der Waals surface area contributed by atoms with Crippen LogP contribution in [-0.4, -0.2) is 23.1 Å². The lowest BCUT2D eigenvalue weighted by Gasteiger charge is -2.37. The molecule has 0 radical (unpaired) electrons. The molecule has 0 aromatic heterocycles. The summed E-state index contributed by atoms with van der Waals surface area (Å²) < 4.78 is 18.2. The van der Waals surface area contributed by atoms with E-state index in [4.69, 9.17) is 17.0 Å². The Kier molecular flexibility index (Phi) is 5.36. The molecule has 28 heavy (non-hydrogen) atoms. The maximum atomic E-state index is 13.3. The number of nitrogens with one attached hydrogen (secondary N) is 1. The van der Waals surface area contributed by atoms with E-state index >= 15 is 0 Å². The third kappa shape index (κ3) is 3.56. The molecule has 0 spiro atoms. The number of halogens is 1. The molecule has 9 heteroatoms. The van der Waals surface area contributed by atoms with Gasteiger partial charge in [0.05, 0.1) is 23.6 Å². The average molecular weight is 401 g/mol. The molecule has 0 aliphatic carbocycles. The molecule has 7 nitrogen and oxygen atoms in total. The molecule has 1 N–H and O–H groups in total. The predicted octanol–water partition coefficient (Wildman–Crippen LogP) is 3.62. The number of nitrogens with zero attached hydrogens (tertiary/aromatic N) is 2. The van der Waals surface area contributed by atoms with Crippen LogP contribution in [0.5, 0.6) is 0 Å². The topological polar surface area (TPSA) is 84.7 Å². The lowest BCUT2D eigenvalue weighted by Crippen LogP contribution is -2.48. The molecular formula is C19H16FN3O4S. The number of methoxy groups -OCH3 is 1. The molecule has 0 amide bonds. The quantitative estimate of drug-likeness (QED) is 0.362. The van der Waals surface area contributed by atoms with Crippen LogP contribution < -0.4 is 10.2 Å². The van der Waals surface area contributed by atoms with Crippen molar-refractivity contribution in [2.24, 2.45) is 0 Å². The fourth-order valence-electron chi connectivity index (χ4n) is 3.09. The molecular weight excluding hydrogens is 385 g/mol. The Bertz CT molecular complexity index is 991. The standard InChI is InChI=1S/C19H16FN3O4S/c1-11-16(18(24)27-2)17(12-4-3-5-15(10-12)23(25)26)21-19(28)22(11)14-8-6-13(20)7-9-14/h3-10,17H,1-2H3,(H,21,28)/t17-/m1/s1. The number of ether oxygens (including phenoxy) is 1. The lowest BCUT2D eigenvalue weighted by atomic mass is 9.94. The van der Waals surface area contributed by atoms with E-state index in [1.54, 1.807) is 17.9 Å². The third-order valence-electron chi connectivity index (χ3n) is 4.39. The highest BCUT2D eigenvalue weighted by atomic mass is 32.1. The van der Waals surface area contributed by atoms with Gasteiger partial charge in [0.1, 0.15) is 5.82 Å². The van der Waals surface area contributed by atoms with Crippen LogP contribution >= 0.6 is 12.2 Å². The molecule has 1 aliphatic rings. The van der Waals surface area contributed by atoms with Crippen molar-refractivity contribution in [3.05, 3.63) is 81.3 Å². The van der Waals surface area contributed by atoms with Gasteiger partial charge in [0, 0.05) is 23.5 Å². The summed E-state index contributed by atoms with van der Waals surface area (Å²) in [7, 11) is 1.25. The summed E-state index contributed by atoms with van der Waals surface area (Å²) in [5.74, 6) is -1.000. The summed E-state index contributed by atoms with van der Waals surface area (Å²) >= 11 is 5.46. The van der Waals surface area contributed by atoms with Gasteiger partial charge in [-0.2, -0.15) is 0 Å². The first-order chi connectivity index (χ1) is 13.3. The molecule has 0 bridgehead atoms. The maximum Gasteiger partial charge on any atom is 0.337 e. The van der Waals surface area contributed by atoms with E-state index in [0.29, 0.717) is 16.9 Å². The summed E-state index contributed by atoms with van der Waals surface area (Å²) in [6.45, 7) is 1.69. The smallest absolute Gasteiger partial charge is 0.337 e. The van der Waals surface area contributed by atoms with E-state index in [0.717, 1.165) is 0 Å². The number of thiocarbonyl (C=S) groups is 1. The molecule has 1 atom stereocenters. The number of hydrogen-bond donors (Lipinski definition) is 1. The number of hydrogen-bond acceptors (Lipinski definition) is 5. The fourth-order valence-corrected chi connectivity index (χ4v) is 3.45. The van der Waals surface area contributed by atoms with Crippen LogP contribution in [0.4, 0.5) is 15.8 Å². The van der Waals surface area contributed by atoms with Gasteiger partial charge in [-0.3, -0.25) is 15.0 Å². The van der Waals surface area contributed by atoms with Crippen LogP contribution in [0.2, 0.25) is 0 Å². The van der Waals surface area contributed by atoms with Gasteiger partial charge in [0.2, 0.25) is 0 Å². The van der Waals surface area contributed by atoms with Crippen molar-refractivity contribution in [2.45, 2.75) is 13.0 Å². The van der Waals surface area contributed by atoms with Crippen molar-refractivity contribution in [1.29, 1.82) is 0 Å². The largest absolute Gasteiger partial charge is 0.466 e. The number of non-ortho nitro benzene ring substituents is 1. The highest BCUT2D eigenvalue weighted by molar-refractivity contribution is 7.80. The Morgan fingerprint density at radius 2 is 1.96 bits per heavy atom.